The molecular weight excluding hydrogens is 278 g/mol. The van der Waals surface area contributed by atoms with Crippen LogP contribution in [0.2, 0.25) is 0 Å². The van der Waals surface area contributed by atoms with Crippen molar-refractivity contribution in [2.75, 3.05) is 7.11 Å². The average molecular weight is 287 g/mol. The van der Waals surface area contributed by atoms with Gasteiger partial charge in [-0.3, -0.25) is 9.20 Å². The first kappa shape index (κ1) is 12.5. The lowest BCUT2D eigenvalue weighted by Gasteiger charge is -1.97. The Morgan fingerprint density at radius 3 is 3.00 bits per heavy atom. The first-order valence-electron chi connectivity index (χ1n) is 5.71. The molecule has 3 aromatic rings. The van der Waals surface area contributed by atoms with Gasteiger partial charge in [0.15, 0.2) is 10.7 Å². The highest BCUT2D eigenvalue weighted by Crippen LogP contribution is 2.16. The molecule has 0 aliphatic rings. The van der Waals surface area contributed by atoms with Gasteiger partial charge in [0.2, 0.25) is 5.78 Å². The summed E-state index contributed by atoms with van der Waals surface area (Å²) in [5.41, 5.74) is 1.22. The molecule has 3 aromatic heterocycles. The lowest BCUT2D eigenvalue weighted by Crippen LogP contribution is -2.07. The Morgan fingerprint density at radius 1 is 1.35 bits per heavy atom. The van der Waals surface area contributed by atoms with E-state index in [4.69, 9.17) is 0 Å². The van der Waals surface area contributed by atoms with Crippen molar-refractivity contribution >= 4 is 28.7 Å². The van der Waals surface area contributed by atoms with E-state index in [2.05, 4.69) is 14.7 Å². The second kappa shape index (κ2) is 4.86. The molecule has 0 bridgehead atoms. The van der Waals surface area contributed by atoms with Gasteiger partial charge in [-0.25, -0.2) is 14.8 Å². The van der Waals surface area contributed by atoms with Gasteiger partial charge < -0.3 is 4.74 Å². The molecule has 3 rings (SSSR count). The highest BCUT2D eigenvalue weighted by molar-refractivity contribution is 7.12. The third-order valence-corrected chi connectivity index (χ3v) is 3.58. The minimum atomic E-state index is -0.557. The summed E-state index contributed by atoms with van der Waals surface area (Å²) in [7, 11) is 1.27. The van der Waals surface area contributed by atoms with Crippen LogP contribution in [0.15, 0.2) is 36.0 Å². The summed E-state index contributed by atoms with van der Waals surface area (Å²) in [6, 6.07) is 5.46. The SMILES string of the molecule is COC(=O)c1csc(C(=O)c2cnc3ccccn23)n1. The van der Waals surface area contributed by atoms with Crippen LogP contribution in [-0.2, 0) is 4.74 Å². The summed E-state index contributed by atoms with van der Waals surface area (Å²) >= 11 is 1.11. The fourth-order valence-electron chi connectivity index (χ4n) is 1.79. The third-order valence-electron chi connectivity index (χ3n) is 2.74. The van der Waals surface area contributed by atoms with Crippen LogP contribution in [0.4, 0.5) is 0 Å². The number of hydrogen-bond donors (Lipinski definition) is 0. The largest absolute Gasteiger partial charge is 0.464 e. The van der Waals surface area contributed by atoms with Crippen molar-refractivity contribution in [2.24, 2.45) is 0 Å². The molecule has 100 valence electrons. The zero-order valence-corrected chi connectivity index (χ0v) is 11.3. The summed E-state index contributed by atoms with van der Waals surface area (Å²) < 4.78 is 6.25. The number of aromatic nitrogens is 3. The number of carbonyl (C=O) groups is 2. The number of nitrogens with zero attached hydrogens (tertiary/aromatic N) is 3. The van der Waals surface area contributed by atoms with Crippen molar-refractivity contribution in [2.45, 2.75) is 0 Å². The molecule has 0 aliphatic heterocycles. The average Bonchev–Trinajstić information content (AvgIpc) is 3.12. The Kier molecular flexibility index (Phi) is 3.03. The fourth-order valence-corrected chi connectivity index (χ4v) is 2.52. The maximum atomic E-state index is 12.4. The number of carbonyl (C=O) groups excluding carboxylic acids is 2. The number of hydrogen-bond acceptors (Lipinski definition) is 6. The van der Waals surface area contributed by atoms with E-state index >= 15 is 0 Å². The highest BCUT2D eigenvalue weighted by atomic mass is 32.1. The van der Waals surface area contributed by atoms with Gasteiger partial charge in [0.1, 0.15) is 11.3 Å². The molecule has 0 radical (unpaired) electrons. The Labute approximate surface area is 117 Å². The first-order valence-corrected chi connectivity index (χ1v) is 6.59. The Morgan fingerprint density at radius 2 is 2.20 bits per heavy atom. The molecule has 0 fully saturated rings. The van der Waals surface area contributed by atoms with E-state index < -0.39 is 5.97 Å². The van der Waals surface area contributed by atoms with E-state index in [0.717, 1.165) is 11.3 Å². The molecule has 0 N–H and O–H groups in total. The third kappa shape index (κ3) is 1.97. The molecule has 7 heteroatoms. The maximum Gasteiger partial charge on any atom is 0.357 e. The number of ketones is 1. The molecule has 0 aliphatic carbocycles. The number of thiazole rings is 1. The Hall–Kier alpha value is -2.54. The monoisotopic (exact) mass is 287 g/mol. The van der Waals surface area contributed by atoms with E-state index in [-0.39, 0.29) is 16.5 Å². The van der Waals surface area contributed by atoms with Crippen LogP contribution in [0.25, 0.3) is 5.65 Å². The molecule has 0 atom stereocenters. The lowest BCUT2D eigenvalue weighted by molar-refractivity contribution is 0.0595. The van der Waals surface area contributed by atoms with Gasteiger partial charge in [0.25, 0.3) is 0 Å². The van der Waals surface area contributed by atoms with Gasteiger partial charge in [-0.15, -0.1) is 11.3 Å². The maximum absolute atomic E-state index is 12.4. The standard InChI is InChI=1S/C13H9N3O3S/c1-19-13(18)8-7-20-12(15-8)11(17)9-6-14-10-4-2-3-5-16(9)10/h2-7H,1H3. The minimum absolute atomic E-state index is 0.134. The molecule has 0 amide bonds. The molecule has 3 heterocycles. The lowest BCUT2D eigenvalue weighted by atomic mass is 10.3. The molecular formula is C13H9N3O3S. The Bertz CT molecular complexity index is 806. The molecule has 0 spiro atoms. The number of methoxy groups -OCH3 is 1. The zero-order valence-electron chi connectivity index (χ0n) is 10.4. The van der Waals surface area contributed by atoms with E-state index in [1.807, 2.05) is 12.1 Å². The smallest absolute Gasteiger partial charge is 0.357 e. The van der Waals surface area contributed by atoms with E-state index in [1.165, 1.54) is 18.7 Å². The zero-order chi connectivity index (χ0) is 14.1. The number of esters is 1. The number of imidazole rings is 1. The molecule has 0 aromatic carbocycles. The van der Waals surface area contributed by atoms with Crippen molar-refractivity contribution in [3.05, 3.63) is 52.4 Å². The molecule has 6 nitrogen and oxygen atoms in total. The van der Waals surface area contributed by atoms with E-state index in [1.54, 1.807) is 16.7 Å². The topological polar surface area (TPSA) is 73.6 Å². The highest BCUT2D eigenvalue weighted by Gasteiger charge is 2.20. The van der Waals surface area contributed by atoms with Gasteiger partial charge in [-0.05, 0) is 12.1 Å². The van der Waals surface area contributed by atoms with Gasteiger partial charge in [-0.1, -0.05) is 6.07 Å². The van der Waals surface area contributed by atoms with E-state index in [9.17, 15) is 9.59 Å². The van der Waals surface area contributed by atoms with Crippen LogP contribution in [0.1, 0.15) is 26.0 Å². The second-order valence-corrected chi connectivity index (χ2v) is 4.79. The van der Waals surface area contributed by atoms with Crippen molar-refractivity contribution in [3.8, 4) is 0 Å². The van der Waals surface area contributed by atoms with Crippen molar-refractivity contribution in [1.29, 1.82) is 0 Å². The minimum Gasteiger partial charge on any atom is -0.464 e. The predicted molar refractivity (Wildman–Crippen MR) is 72.1 cm³/mol. The summed E-state index contributed by atoms with van der Waals surface area (Å²) in [5.74, 6) is -0.831. The van der Waals surface area contributed by atoms with Crippen molar-refractivity contribution in [3.63, 3.8) is 0 Å². The normalized spacial score (nSPS) is 10.7. The summed E-state index contributed by atoms with van der Waals surface area (Å²) in [5, 5.41) is 1.73. The van der Waals surface area contributed by atoms with Crippen molar-refractivity contribution < 1.29 is 14.3 Å². The number of fused-ring (bicyclic) bond motifs is 1. The van der Waals surface area contributed by atoms with Gasteiger partial charge >= 0.3 is 5.97 Å². The Balaban J connectivity index is 2.00. The number of pyridine rings is 1. The number of rotatable bonds is 3. The first-order chi connectivity index (χ1) is 9.70. The van der Waals surface area contributed by atoms with Crippen LogP contribution in [0.3, 0.4) is 0 Å². The second-order valence-electron chi connectivity index (χ2n) is 3.93. The van der Waals surface area contributed by atoms with Gasteiger partial charge in [-0.2, -0.15) is 0 Å². The quantitative estimate of drug-likeness (QED) is 0.542. The molecule has 0 unspecified atom stereocenters. The summed E-state index contributed by atoms with van der Waals surface area (Å²) in [6.07, 6.45) is 3.25. The van der Waals surface area contributed by atoms with Crippen LogP contribution in [0, 0.1) is 0 Å². The molecule has 0 saturated heterocycles. The van der Waals surface area contributed by atoms with Crippen LogP contribution >= 0.6 is 11.3 Å². The fraction of sp³-hybridized carbons (Fsp3) is 0.0769. The summed E-state index contributed by atoms with van der Waals surface area (Å²) in [6.45, 7) is 0. The van der Waals surface area contributed by atoms with Crippen molar-refractivity contribution in [1.82, 2.24) is 14.4 Å². The number of ether oxygens (including phenoxy) is 1. The van der Waals surface area contributed by atoms with Crippen LogP contribution in [-0.4, -0.2) is 33.2 Å². The van der Waals surface area contributed by atoms with Crippen LogP contribution in [0.5, 0.6) is 0 Å². The van der Waals surface area contributed by atoms with Crippen LogP contribution < -0.4 is 0 Å². The predicted octanol–water partition coefficient (Wildman–Crippen LogP) is 1.81. The van der Waals surface area contributed by atoms with Gasteiger partial charge in [0, 0.05) is 11.6 Å². The van der Waals surface area contributed by atoms with E-state index in [0.29, 0.717) is 11.3 Å². The summed E-state index contributed by atoms with van der Waals surface area (Å²) in [4.78, 5) is 31.9. The molecule has 0 saturated carbocycles. The molecule has 20 heavy (non-hydrogen) atoms. The van der Waals surface area contributed by atoms with Gasteiger partial charge in [0.05, 0.1) is 13.3 Å².